The maximum absolute atomic E-state index is 12.2. The SMILES string of the molecule is CC[C@@]1(C)NC(=O)N(N=Cc2ccc(-c3cccc(Cl)c3)o2)C1=O. The molecule has 3 amide bonds. The highest BCUT2D eigenvalue weighted by Crippen LogP contribution is 2.25. The molecule has 1 N–H and O–H groups in total. The Kier molecular flexibility index (Phi) is 4.15. The summed E-state index contributed by atoms with van der Waals surface area (Å²) in [5, 5.41) is 8.02. The van der Waals surface area contributed by atoms with Gasteiger partial charge in [0.1, 0.15) is 17.1 Å². The van der Waals surface area contributed by atoms with E-state index in [1.807, 2.05) is 19.1 Å². The molecule has 1 aliphatic rings. The normalized spacial score (nSPS) is 20.9. The zero-order chi connectivity index (χ0) is 17.3. The third kappa shape index (κ3) is 2.92. The predicted octanol–water partition coefficient (Wildman–Crippen LogP) is 3.65. The average molecular weight is 346 g/mol. The Morgan fingerprint density at radius 1 is 1.33 bits per heavy atom. The summed E-state index contributed by atoms with van der Waals surface area (Å²) in [6.45, 7) is 3.50. The first kappa shape index (κ1) is 16.3. The minimum absolute atomic E-state index is 0.382. The molecule has 0 unspecified atom stereocenters. The summed E-state index contributed by atoms with van der Waals surface area (Å²) in [7, 11) is 0. The van der Waals surface area contributed by atoms with Gasteiger partial charge < -0.3 is 9.73 Å². The van der Waals surface area contributed by atoms with Crippen LogP contribution in [0.4, 0.5) is 4.79 Å². The molecule has 0 aliphatic carbocycles. The van der Waals surface area contributed by atoms with Gasteiger partial charge in [0.15, 0.2) is 0 Å². The van der Waals surface area contributed by atoms with E-state index in [0.29, 0.717) is 23.0 Å². The molecule has 7 heteroatoms. The molecule has 0 bridgehead atoms. The zero-order valence-corrected chi connectivity index (χ0v) is 14.0. The predicted molar refractivity (Wildman–Crippen MR) is 90.8 cm³/mol. The molecule has 0 spiro atoms. The quantitative estimate of drug-likeness (QED) is 0.678. The number of carbonyl (C=O) groups excluding carboxylic acids is 2. The second-order valence-electron chi connectivity index (χ2n) is 5.69. The van der Waals surface area contributed by atoms with Crippen LogP contribution in [0.3, 0.4) is 0 Å². The van der Waals surface area contributed by atoms with E-state index < -0.39 is 11.6 Å². The maximum atomic E-state index is 12.2. The largest absolute Gasteiger partial charge is 0.455 e. The van der Waals surface area contributed by atoms with E-state index in [9.17, 15) is 9.59 Å². The summed E-state index contributed by atoms with van der Waals surface area (Å²) in [6.07, 6.45) is 1.83. The third-order valence-corrected chi connectivity index (χ3v) is 4.22. The van der Waals surface area contributed by atoms with Gasteiger partial charge in [0.2, 0.25) is 0 Å². The van der Waals surface area contributed by atoms with Crippen LogP contribution in [0.1, 0.15) is 26.0 Å². The van der Waals surface area contributed by atoms with E-state index in [4.69, 9.17) is 16.0 Å². The Labute approximate surface area is 144 Å². The standard InChI is InChI=1S/C17H16ClN3O3/c1-3-17(2)15(22)21(16(23)20-17)19-10-13-7-8-14(24-13)11-5-4-6-12(18)9-11/h4-10H,3H2,1-2H3,(H,20,23)/t17-/m1/s1. The van der Waals surface area contributed by atoms with Gasteiger partial charge in [-0.2, -0.15) is 5.10 Å². The number of carbonyl (C=O) groups is 2. The molecule has 1 saturated heterocycles. The van der Waals surface area contributed by atoms with Gasteiger partial charge in [-0.1, -0.05) is 30.7 Å². The van der Waals surface area contributed by atoms with E-state index in [1.165, 1.54) is 6.21 Å². The Balaban J connectivity index is 1.79. The van der Waals surface area contributed by atoms with E-state index >= 15 is 0 Å². The van der Waals surface area contributed by atoms with Crippen molar-refractivity contribution in [1.82, 2.24) is 10.3 Å². The number of imide groups is 1. The molecule has 6 nitrogen and oxygen atoms in total. The van der Waals surface area contributed by atoms with Crippen LogP contribution >= 0.6 is 11.6 Å². The van der Waals surface area contributed by atoms with E-state index in [0.717, 1.165) is 10.6 Å². The van der Waals surface area contributed by atoms with Crippen LogP contribution in [0, 0.1) is 0 Å². The van der Waals surface area contributed by atoms with Crippen molar-refractivity contribution in [2.75, 3.05) is 0 Å². The first-order valence-electron chi connectivity index (χ1n) is 7.49. The van der Waals surface area contributed by atoms with Gasteiger partial charge in [0.25, 0.3) is 5.91 Å². The van der Waals surface area contributed by atoms with Crippen LogP contribution in [0.25, 0.3) is 11.3 Å². The van der Waals surface area contributed by atoms with E-state index in [-0.39, 0.29) is 5.91 Å². The second kappa shape index (κ2) is 6.13. The highest BCUT2D eigenvalue weighted by Gasteiger charge is 2.46. The van der Waals surface area contributed by atoms with Crippen molar-refractivity contribution in [2.45, 2.75) is 25.8 Å². The Bertz CT molecular complexity index is 830. The van der Waals surface area contributed by atoms with Gasteiger partial charge in [0, 0.05) is 10.6 Å². The lowest BCUT2D eigenvalue weighted by Gasteiger charge is -2.17. The Hall–Kier alpha value is -2.60. The molecule has 1 aromatic carbocycles. The maximum Gasteiger partial charge on any atom is 0.346 e. The fourth-order valence-electron chi connectivity index (χ4n) is 2.35. The summed E-state index contributed by atoms with van der Waals surface area (Å²) >= 11 is 5.96. The van der Waals surface area contributed by atoms with Crippen LogP contribution in [0.2, 0.25) is 5.02 Å². The second-order valence-corrected chi connectivity index (χ2v) is 6.13. The fourth-order valence-corrected chi connectivity index (χ4v) is 2.54. The lowest BCUT2D eigenvalue weighted by atomic mass is 10.00. The van der Waals surface area contributed by atoms with Crippen LogP contribution in [-0.2, 0) is 4.79 Å². The van der Waals surface area contributed by atoms with Gasteiger partial charge >= 0.3 is 6.03 Å². The molecule has 1 fully saturated rings. The molecular formula is C17H16ClN3O3. The van der Waals surface area contributed by atoms with Crippen molar-refractivity contribution in [2.24, 2.45) is 5.10 Å². The van der Waals surface area contributed by atoms with Gasteiger partial charge in [-0.15, -0.1) is 5.01 Å². The number of hydrogen-bond donors (Lipinski definition) is 1. The van der Waals surface area contributed by atoms with Crippen molar-refractivity contribution >= 4 is 29.8 Å². The summed E-state index contributed by atoms with van der Waals surface area (Å²) in [5.41, 5.74) is -0.0838. The number of furan rings is 1. The number of amides is 3. The monoisotopic (exact) mass is 345 g/mol. The molecule has 24 heavy (non-hydrogen) atoms. The van der Waals surface area contributed by atoms with Crippen LogP contribution in [0.5, 0.6) is 0 Å². The number of hydrogen-bond acceptors (Lipinski definition) is 4. The summed E-state index contributed by atoms with van der Waals surface area (Å²) < 4.78 is 5.66. The molecule has 1 atom stereocenters. The highest BCUT2D eigenvalue weighted by atomic mass is 35.5. The van der Waals surface area contributed by atoms with E-state index in [2.05, 4.69) is 10.4 Å². The lowest BCUT2D eigenvalue weighted by Crippen LogP contribution is -2.42. The Morgan fingerprint density at radius 2 is 2.12 bits per heavy atom. The number of nitrogens with zero attached hydrogens (tertiary/aromatic N) is 2. The molecule has 3 rings (SSSR count). The van der Waals surface area contributed by atoms with Crippen molar-refractivity contribution in [3.63, 3.8) is 0 Å². The molecule has 0 saturated carbocycles. The number of hydrazone groups is 1. The van der Waals surface area contributed by atoms with Crippen LogP contribution in [0.15, 0.2) is 45.9 Å². The van der Waals surface area contributed by atoms with Gasteiger partial charge in [-0.25, -0.2) is 4.79 Å². The van der Waals surface area contributed by atoms with Crippen molar-refractivity contribution in [3.05, 3.63) is 47.2 Å². The molecule has 2 aromatic rings. The van der Waals surface area contributed by atoms with Crippen molar-refractivity contribution in [3.8, 4) is 11.3 Å². The number of halogens is 1. The van der Waals surface area contributed by atoms with Gasteiger partial charge in [-0.05, 0) is 37.6 Å². The number of rotatable bonds is 4. The minimum Gasteiger partial charge on any atom is -0.455 e. The Morgan fingerprint density at radius 3 is 2.79 bits per heavy atom. The molecular weight excluding hydrogens is 330 g/mol. The molecule has 2 heterocycles. The number of nitrogens with one attached hydrogen (secondary N) is 1. The van der Waals surface area contributed by atoms with Crippen LogP contribution < -0.4 is 5.32 Å². The van der Waals surface area contributed by atoms with Crippen LogP contribution in [-0.4, -0.2) is 28.7 Å². The number of urea groups is 1. The summed E-state index contributed by atoms with van der Waals surface area (Å²) in [6, 6.07) is 10.2. The zero-order valence-electron chi connectivity index (χ0n) is 13.2. The van der Waals surface area contributed by atoms with Gasteiger partial charge in [-0.3, -0.25) is 4.79 Å². The highest BCUT2D eigenvalue weighted by molar-refractivity contribution is 6.30. The molecule has 0 radical (unpaired) electrons. The first-order chi connectivity index (χ1) is 11.4. The van der Waals surface area contributed by atoms with Crippen molar-refractivity contribution in [1.29, 1.82) is 0 Å². The molecule has 1 aliphatic heterocycles. The third-order valence-electron chi connectivity index (χ3n) is 3.98. The van der Waals surface area contributed by atoms with Crippen molar-refractivity contribution < 1.29 is 14.0 Å². The average Bonchev–Trinajstić information content (AvgIpc) is 3.11. The number of benzene rings is 1. The molecule has 124 valence electrons. The fraction of sp³-hybridized carbons (Fsp3) is 0.235. The summed E-state index contributed by atoms with van der Waals surface area (Å²) in [5.74, 6) is 0.665. The van der Waals surface area contributed by atoms with E-state index in [1.54, 1.807) is 31.2 Å². The topological polar surface area (TPSA) is 74.9 Å². The minimum atomic E-state index is -0.913. The first-order valence-corrected chi connectivity index (χ1v) is 7.87. The smallest absolute Gasteiger partial charge is 0.346 e. The summed E-state index contributed by atoms with van der Waals surface area (Å²) in [4.78, 5) is 24.1. The lowest BCUT2D eigenvalue weighted by molar-refractivity contribution is -0.130. The molecule has 1 aromatic heterocycles. The van der Waals surface area contributed by atoms with Gasteiger partial charge in [0.05, 0.1) is 6.21 Å².